The zero-order valence-electron chi connectivity index (χ0n) is 14.5. The lowest BCUT2D eigenvalue weighted by molar-refractivity contribution is -0.141. The van der Waals surface area contributed by atoms with Gasteiger partial charge in [0.25, 0.3) is 0 Å². The van der Waals surface area contributed by atoms with Crippen molar-refractivity contribution in [2.75, 3.05) is 26.7 Å². The fourth-order valence-electron chi connectivity index (χ4n) is 4.18. The van der Waals surface area contributed by atoms with Crippen molar-refractivity contribution in [1.82, 2.24) is 10.2 Å². The molecule has 1 saturated heterocycles. The van der Waals surface area contributed by atoms with Crippen LogP contribution in [0.4, 0.5) is 0 Å². The summed E-state index contributed by atoms with van der Waals surface area (Å²) in [5.74, 6) is 0.687. The molecule has 2 fully saturated rings. The highest BCUT2D eigenvalue weighted by Crippen LogP contribution is 2.24. The molecule has 1 aliphatic carbocycles. The predicted octanol–water partition coefficient (Wildman–Crippen LogP) is 2.96. The summed E-state index contributed by atoms with van der Waals surface area (Å²) >= 11 is 0. The van der Waals surface area contributed by atoms with Crippen molar-refractivity contribution in [2.45, 2.75) is 76.8 Å². The van der Waals surface area contributed by atoms with E-state index in [1.54, 1.807) is 0 Å². The normalized spacial score (nSPS) is 27.7. The molecule has 1 aliphatic heterocycles. The number of carbonyl (C=O) groups excluding carboxylic acids is 1. The molecule has 0 aromatic carbocycles. The number of nitrogens with zero attached hydrogens (tertiary/aromatic N) is 1. The van der Waals surface area contributed by atoms with Gasteiger partial charge in [0.05, 0.1) is 13.5 Å². The summed E-state index contributed by atoms with van der Waals surface area (Å²) < 4.78 is 4.78. The Bertz CT molecular complexity index is 329. The van der Waals surface area contributed by atoms with Crippen LogP contribution in [-0.4, -0.2) is 49.7 Å². The summed E-state index contributed by atoms with van der Waals surface area (Å²) in [6, 6.07) is 1.33. The number of methoxy groups -OCH3 is 1. The molecule has 0 bridgehead atoms. The fourth-order valence-corrected chi connectivity index (χ4v) is 4.18. The first kappa shape index (κ1) is 17.7. The van der Waals surface area contributed by atoms with Gasteiger partial charge in [-0.2, -0.15) is 0 Å². The minimum absolute atomic E-state index is 0.0885. The average Bonchev–Trinajstić information content (AvgIpc) is 2.53. The van der Waals surface area contributed by atoms with E-state index < -0.39 is 0 Å². The van der Waals surface area contributed by atoms with Crippen molar-refractivity contribution in [2.24, 2.45) is 5.92 Å². The van der Waals surface area contributed by atoms with Crippen LogP contribution in [0.3, 0.4) is 0 Å². The molecule has 4 nitrogen and oxygen atoms in total. The smallest absolute Gasteiger partial charge is 0.306 e. The van der Waals surface area contributed by atoms with Crippen LogP contribution in [0.25, 0.3) is 0 Å². The molecule has 2 atom stereocenters. The standard InChI is InChI=1S/C18H34N2O2/c1-3-7-15-12-17(19-16-8-5-4-6-9-16)14-20(13-15)11-10-18(21)22-2/h15-17,19H,3-14H2,1-2H3. The molecule has 2 aliphatic rings. The summed E-state index contributed by atoms with van der Waals surface area (Å²) in [4.78, 5) is 13.9. The Morgan fingerprint density at radius 2 is 1.95 bits per heavy atom. The van der Waals surface area contributed by atoms with Gasteiger partial charge in [-0.15, -0.1) is 0 Å². The molecule has 2 unspecified atom stereocenters. The molecule has 0 radical (unpaired) electrons. The highest BCUT2D eigenvalue weighted by Gasteiger charge is 2.28. The van der Waals surface area contributed by atoms with Crippen LogP contribution in [0.5, 0.6) is 0 Å². The van der Waals surface area contributed by atoms with E-state index in [4.69, 9.17) is 4.74 Å². The summed E-state index contributed by atoms with van der Waals surface area (Å²) in [6.07, 6.45) is 11.2. The lowest BCUT2D eigenvalue weighted by atomic mass is 9.88. The molecule has 4 heteroatoms. The van der Waals surface area contributed by atoms with E-state index in [-0.39, 0.29) is 5.97 Å². The van der Waals surface area contributed by atoms with Crippen LogP contribution in [0.2, 0.25) is 0 Å². The second-order valence-corrected chi connectivity index (χ2v) is 7.17. The molecular formula is C18H34N2O2. The Labute approximate surface area is 136 Å². The molecule has 1 heterocycles. The molecule has 0 aromatic rings. The molecule has 128 valence electrons. The van der Waals surface area contributed by atoms with Crippen LogP contribution in [0, 0.1) is 5.92 Å². The van der Waals surface area contributed by atoms with Gasteiger partial charge in [-0.25, -0.2) is 0 Å². The van der Waals surface area contributed by atoms with Gasteiger partial charge in [0.15, 0.2) is 0 Å². The van der Waals surface area contributed by atoms with Gasteiger partial charge in [-0.3, -0.25) is 4.79 Å². The highest BCUT2D eigenvalue weighted by molar-refractivity contribution is 5.69. The van der Waals surface area contributed by atoms with Gasteiger partial charge in [-0.1, -0.05) is 32.6 Å². The maximum atomic E-state index is 11.4. The van der Waals surface area contributed by atoms with Crippen molar-refractivity contribution >= 4 is 5.97 Å². The van der Waals surface area contributed by atoms with Crippen LogP contribution < -0.4 is 5.32 Å². The molecule has 0 aromatic heterocycles. The van der Waals surface area contributed by atoms with E-state index in [1.807, 2.05) is 0 Å². The van der Waals surface area contributed by atoms with E-state index in [1.165, 1.54) is 58.5 Å². The minimum atomic E-state index is -0.0885. The van der Waals surface area contributed by atoms with Crippen molar-refractivity contribution in [1.29, 1.82) is 0 Å². The molecule has 1 saturated carbocycles. The first-order chi connectivity index (χ1) is 10.7. The largest absolute Gasteiger partial charge is 0.469 e. The lowest BCUT2D eigenvalue weighted by Gasteiger charge is -2.40. The third kappa shape index (κ3) is 5.88. The molecule has 22 heavy (non-hydrogen) atoms. The number of piperidine rings is 1. The number of likely N-dealkylation sites (tertiary alicyclic amines) is 1. The number of nitrogens with one attached hydrogen (secondary N) is 1. The molecular weight excluding hydrogens is 276 g/mol. The maximum Gasteiger partial charge on any atom is 0.306 e. The van der Waals surface area contributed by atoms with Gasteiger partial charge in [-0.05, 0) is 31.6 Å². The van der Waals surface area contributed by atoms with Crippen LogP contribution >= 0.6 is 0 Å². The lowest BCUT2D eigenvalue weighted by Crippen LogP contribution is -2.52. The number of hydrogen-bond donors (Lipinski definition) is 1. The number of rotatable bonds is 7. The van der Waals surface area contributed by atoms with E-state index in [0.717, 1.165) is 31.6 Å². The van der Waals surface area contributed by atoms with Gasteiger partial charge in [0.1, 0.15) is 0 Å². The summed E-state index contributed by atoms with van der Waals surface area (Å²) in [5, 5.41) is 3.92. The third-order valence-corrected chi connectivity index (χ3v) is 5.25. The first-order valence-electron chi connectivity index (χ1n) is 9.26. The minimum Gasteiger partial charge on any atom is -0.469 e. The van der Waals surface area contributed by atoms with Gasteiger partial charge >= 0.3 is 5.97 Å². The van der Waals surface area contributed by atoms with Crippen molar-refractivity contribution in [3.63, 3.8) is 0 Å². The zero-order valence-corrected chi connectivity index (χ0v) is 14.5. The monoisotopic (exact) mass is 310 g/mol. The van der Waals surface area contributed by atoms with E-state index in [9.17, 15) is 4.79 Å². The second kappa shape index (κ2) is 9.51. The first-order valence-corrected chi connectivity index (χ1v) is 9.26. The summed E-state index contributed by atoms with van der Waals surface area (Å²) in [7, 11) is 1.48. The average molecular weight is 310 g/mol. The Kier molecular flexibility index (Phi) is 7.67. The van der Waals surface area contributed by atoms with Crippen molar-refractivity contribution in [3.05, 3.63) is 0 Å². The SMILES string of the molecule is CCCC1CC(NC2CCCCC2)CN(CCC(=O)OC)C1. The van der Waals surface area contributed by atoms with Crippen LogP contribution in [0.15, 0.2) is 0 Å². The molecule has 0 spiro atoms. The second-order valence-electron chi connectivity index (χ2n) is 7.17. The van der Waals surface area contributed by atoms with Crippen LogP contribution in [0.1, 0.15) is 64.7 Å². The topological polar surface area (TPSA) is 41.6 Å². The fraction of sp³-hybridized carbons (Fsp3) is 0.944. The summed E-state index contributed by atoms with van der Waals surface area (Å²) in [6.45, 7) is 5.36. The van der Waals surface area contributed by atoms with E-state index >= 15 is 0 Å². The Hall–Kier alpha value is -0.610. The van der Waals surface area contributed by atoms with E-state index in [2.05, 4.69) is 17.1 Å². The van der Waals surface area contributed by atoms with E-state index in [0.29, 0.717) is 12.5 Å². The van der Waals surface area contributed by atoms with Gasteiger partial charge in [0, 0.05) is 31.7 Å². The maximum absolute atomic E-state index is 11.4. The number of ether oxygens (including phenoxy) is 1. The quantitative estimate of drug-likeness (QED) is 0.734. The predicted molar refractivity (Wildman–Crippen MR) is 89.9 cm³/mol. The number of hydrogen-bond acceptors (Lipinski definition) is 4. The van der Waals surface area contributed by atoms with Crippen molar-refractivity contribution in [3.8, 4) is 0 Å². The Morgan fingerprint density at radius 1 is 1.18 bits per heavy atom. The zero-order chi connectivity index (χ0) is 15.8. The molecule has 1 N–H and O–H groups in total. The summed E-state index contributed by atoms with van der Waals surface area (Å²) in [5.41, 5.74) is 0. The Morgan fingerprint density at radius 3 is 2.64 bits per heavy atom. The van der Waals surface area contributed by atoms with Gasteiger partial charge in [0.2, 0.25) is 0 Å². The molecule has 0 amide bonds. The van der Waals surface area contributed by atoms with Crippen molar-refractivity contribution < 1.29 is 9.53 Å². The number of carbonyl (C=O) groups is 1. The molecule has 2 rings (SSSR count). The Balaban J connectivity index is 1.83. The highest BCUT2D eigenvalue weighted by atomic mass is 16.5. The third-order valence-electron chi connectivity index (χ3n) is 5.25. The van der Waals surface area contributed by atoms with Gasteiger partial charge < -0.3 is 15.0 Å². The number of esters is 1. The van der Waals surface area contributed by atoms with Crippen LogP contribution in [-0.2, 0) is 9.53 Å².